The van der Waals surface area contributed by atoms with Crippen molar-refractivity contribution >= 4 is 11.8 Å². The number of nitrogens with zero attached hydrogens (tertiary/aromatic N) is 1. The number of carbonyl (C=O) groups excluding carboxylic acids is 2. The van der Waals surface area contributed by atoms with Gasteiger partial charge in [0.15, 0.2) is 5.60 Å². The highest BCUT2D eigenvalue weighted by Crippen LogP contribution is 2.30. The van der Waals surface area contributed by atoms with Crippen LogP contribution in [0.2, 0.25) is 0 Å². The molecule has 5 heteroatoms. The summed E-state index contributed by atoms with van der Waals surface area (Å²) in [5.74, 6) is -0.0757. The van der Waals surface area contributed by atoms with Crippen molar-refractivity contribution in [1.82, 2.24) is 10.2 Å². The maximum Gasteiger partial charge on any atom is 0.254 e. The van der Waals surface area contributed by atoms with Crippen molar-refractivity contribution in [2.45, 2.75) is 51.7 Å². The highest BCUT2D eigenvalue weighted by molar-refractivity contribution is 5.88. The number of amides is 2. The predicted octanol–water partition coefficient (Wildman–Crippen LogP) is 3.82. The van der Waals surface area contributed by atoms with Crippen LogP contribution in [0.15, 0.2) is 54.6 Å². The molecule has 1 atom stereocenters. The maximum atomic E-state index is 13.3. The molecule has 1 heterocycles. The zero-order valence-corrected chi connectivity index (χ0v) is 18.2. The Balaban J connectivity index is 1.97. The van der Waals surface area contributed by atoms with Crippen molar-refractivity contribution in [3.05, 3.63) is 60.2 Å². The van der Waals surface area contributed by atoms with Gasteiger partial charge in [0, 0.05) is 25.4 Å². The van der Waals surface area contributed by atoms with Crippen LogP contribution in [-0.2, 0) is 20.7 Å². The van der Waals surface area contributed by atoms with Crippen molar-refractivity contribution in [3.63, 3.8) is 0 Å². The molecule has 1 fully saturated rings. The summed E-state index contributed by atoms with van der Waals surface area (Å²) in [6, 6.07) is 18.2. The van der Waals surface area contributed by atoms with Gasteiger partial charge in [0.05, 0.1) is 13.2 Å². The molecule has 30 heavy (non-hydrogen) atoms. The minimum Gasteiger partial charge on any atom is -0.361 e. The van der Waals surface area contributed by atoms with Crippen molar-refractivity contribution in [2.24, 2.45) is 0 Å². The molecular weight excluding hydrogens is 376 g/mol. The Bertz CT molecular complexity index is 866. The van der Waals surface area contributed by atoms with Crippen LogP contribution in [0.4, 0.5) is 0 Å². The SMILES string of the molecule is CCCC(=O)N1CCOC(Cc2ccccc2-c2ccccc2)(C(=O)NC(C)C)C1. The lowest BCUT2D eigenvalue weighted by molar-refractivity contribution is -0.166. The van der Waals surface area contributed by atoms with Gasteiger partial charge in [0.2, 0.25) is 5.91 Å². The van der Waals surface area contributed by atoms with E-state index < -0.39 is 5.60 Å². The molecular formula is C25H32N2O3. The van der Waals surface area contributed by atoms with Gasteiger partial charge in [-0.2, -0.15) is 0 Å². The first-order valence-electron chi connectivity index (χ1n) is 10.8. The first-order chi connectivity index (χ1) is 14.4. The van der Waals surface area contributed by atoms with Crippen LogP contribution in [0, 0.1) is 0 Å². The van der Waals surface area contributed by atoms with E-state index in [1.54, 1.807) is 4.90 Å². The molecule has 0 radical (unpaired) electrons. The first kappa shape index (κ1) is 22.0. The average Bonchev–Trinajstić information content (AvgIpc) is 2.74. The summed E-state index contributed by atoms with van der Waals surface area (Å²) >= 11 is 0. The summed E-state index contributed by atoms with van der Waals surface area (Å²) < 4.78 is 6.18. The van der Waals surface area contributed by atoms with Gasteiger partial charge in [-0.25, -0.2) is 0 Å². The van der Waals surface area contributed by atoms with Crippen LogP contribution in [0.25, 0.3) is 11.1 Å². The smallest absolute Gasteiger partial charge is 0.254 e. The molecule has 1 unspecified atom stereocenters. The highest BCUT2D eigenvalue weighted by Gasteiger charge is 2.45. The van der Waals surface area contributed by atoms with Crippen molar-refractivity contribution in [2.75, 3.05) is 19.7 Å². The molecule has 2 amide bonds. The van der Waals surface area contributed by atoms with E-state index in [-0.39, 0.29) is 24.4 Å². The molecule has 0 aliphatic carbocycles. The molecule has 1 aliphatic rings. The minimum absolute atomic E-state index is 0.0101. The second-order valence-electron chi connectivity index (χ2n) is 8.24. The third-order valence-corrected chi connectivity index (χ3v) is 5.41. The third kappa shape index (κ3) is 5.08. The van der Waals surface area contributed by atoms with Crippen LogP contribution in [0.1, 0.15) is 39.2 Å². The fourth-order valence-corrected chi connectivity index (χ4v) is 3.97. The minimum atomic E-state index is -1.10. The zero-order chi connectivity index (χ0) is 21.6. The Morgan fingerprint density at radius 1 is 1.10 bits per heavy atom. The predicted molar refractivity (Wildman–Crippen MR) is 119 cm³/mol. The number of rotatable bonds is 7. The van der Waals surface area contributed by atoms with Gasteiger partial charge in [-0.3, -0.25) is 9.59 Å². The van der Waals surface area contributed by atoms with Crippen LogP contribution < -0.4 is 5.32 Å². The van der Waals surface area contributed by atoms with Crippen LogP contribution in [0.5, 0.6) is 0 Å². The molecule has 3 rings (SSSR count). The molecule has 1 aliphatic heterocycles. The number of ether oxygens (including phenoxy) is 1. The molecule has 1 N–H and O–H groups in total. The molecule has 1 saturated heterocycles. The van der Waals surface area contributed by atoms with E-state index >= 15 is 0 Å². The van der Waals surface area contributed by atoms with Crippen molar-refractivity contribution < 1.29 is 14.3 Å². The van der Waals surface area contributed by atoms with E-state index in [2.05, 4.69) is 23.5 Å². The second kappa shape index (κ2) is 9.90. The molecule has 0 saturated carbocycles. The van der Waals surface area contributed by atoms with Gasteiger partial charge in [-0.15, -0.1) is 0 Å². The average molecular weight is 409 g/mol. The Hall–Kier alpha value is -2.66. The van der Waals surface area contributed by atoms with Gasteiger partial charge in [-0.1, -0.05) is 61.5 Å². The van der Waals surface area contributed by atoms with E-state index in [1.807, 2.05) is 57.2 Å². The van der Waals surface area contributed by atoms with Crippen LogP contribution in [-0.4, -0.2) is 48.1 Å². The Morgan fingerprint density at radius 2 is 1.80 bits per heavy atom. The van der Waals surface area contributed by atoms with Crippen LogP contribution in [0.3, 0.4) is 0 Å². The maximum absolute atomic E-state index is 13.3. The third-order valence-electron chi connectivity index (χ3n) is 5.41. The van der Waals surface area contributed by atoms with Gasteiger partial charge < -0.3 is 15.0 Å². The normalized spacial score (nSPS) is 19.0. The van der Waals surface area contributed by atoms with E-state index in [4.69, 9.17) is 4.74 Å². The summed E-state index contributed by atoms with van der Waals surface area (Å²) in [5, 5.41) is 3.02. The molecule has 160 valence electrons. The lowest BCUT2D eigenvalue weighted by atomic mass is 9.87. The molecule has 5 nitrogen and oxygen atoms in total. The molecule has 0 spiro atoms. The first-order valence-corrected chi connectivity index (χ1v) is 10.8. The van der Waals surface area contributed by atoms with E-state index in [0.29, 0.717) is 26.0 Å². The molecule has 2 aromatic rings. The van der Waals surface area contributed by atoms with Gasteiger partial charge in [0.1, 0.15) is 0 Å². The molecule has 0 bridgehead atoms. The van der Waals surface area contributed by atoms with E-state index in [1.165, 1.54) is 0 Å². The van der Waals surface area contributed by atoms with Crippen molar-refractivity contribution in [3.8, 4) is 11.1 Å². The second-order valence-corrected chi connectivity index (χ2v) is 8.24. The summed E-state index contributed by atoms with van der Waals surface area (Å²) in [5.41, 5.74) is 2.11. The lowest BCUT2D eigenvalue weighted by Crippen LogP contribution is -2.62. The number of hydrogen-bond acceptors (Lipinski definition) is 3. The standard InChI is InChI=1S/C25H32N2O3/c1-4-10-23(28)27-15-16-30-25(18-27,24(29)26-19(2)3)17-21-13-8-9-14-22(21)20-11-6-5-7-12-20/h5-9,11-14,19H,4,10,15-18H2,1-3H3,(H,26,29). The van der Waals surface area contributed by atoms with Gasteiger partial charge in [-0.05, 0) is 37.0 Å². The number of nitrogens with one attached hydrogen (secondary N) is 1. The topological polar surface area (TPSA) is 58.6 Å². The molecule has 2 aromatic carbocycles. The fraction of sp³-hybridized carbons (Fsp3) is 0.440. The van der Waals surface area contributed by atoms with Crippen molar-refractivity contribution in [1.29, 1.82) is 0 Å². The van der Waals surface area contributed by atoms with E-state index in [0.717, 1.165) is 23.1 Å². The van der Waals surface area contributed by atoms with Gasteiger partial charge >= 0.3 is 0 Å². The Labute approximate surface area is 179 Å². The summed E-state index contributed by atoms with van der Waals surface area (Å²) in [4.78, 5) is 27.7. The largest absolute Gasteiger partial charge is 0.361 e. The monoisotopic (exact) mass is 408 g/mol. The zero-order valence-electron chi connectivity index (χ0n) is 18.2. The van der Waals surface area contributed by atoms with E-state index in [9.17, 15) is 9.59 Å². The number of carbonyl (C=O) groups is 2. The summed E-state index contributed by atoms with van der Waals surface area (Å²) in [6.07, 6.45) is 1.69. The number of benzene rings is 2. The highest BCUT2D eigenvalue weighted by atomic mass is 16.5. The number of morpholine rings is 1. The quantitative estimate of drug-likeness (QED) is 0.758. The Morgan fingerprint density at radius 3 is 2.50 bits per heavy atom. The summed E-state index contributed by atoms with van der Waals surface area (Å²) in [6.45, 7) is 7.02. The summed E-state index contributed by atoms with van der Waals surface area (Å²) in [7, 11) is 0. The molecule has 0 aromatic heterocycles. The van der Waals surface area contributed by atoms with Crippen LogP contribution >= 0.6 is 0 Å². The Kier molecular flexibility index (Phi) is 7.27. The fourth-order valence-electron chi connectivity index (χ4n) is 3.97. The lowest BCUT2D eigenvalue weighted by Gasteiger charge is -2.42. The number of hydrogen-bond donors (Lipinski definition) is 1. The van der Waals surface area contributed by atoms with Gasteiger partial charge in [0.25, 0.3) is 5.91 Å².